The van der Waals surface area contributed by atoms with Gasteiger partial charge in [-0.3, -0.25) is 4.79 Å². The normalized spacial score (nSPS) is 10.8. The Labute approximate surface area is 120 Å². The summed E-state index contributed by atoms with van der Waals surface area (Å²) in [5.74, 6) is -0.371. The maximum atomic E-state index is 11.1. The Balaban J connectivity index is 2.16. The van der Waals surface area contributed by atoms with Crippen LogP contribution >= 0.6 is 11.6 Å². The highest BCUT2D eigenvalue weighted by molar-refractivity contribution is 6.32. The van der Waals surface area contributed by atoms with Crippen LogP contribution in [0.1, 0.15) is 5.56 Å². The second-order valence-corrected chi connectivity index (χ2v) is 4.93. The molecule has 0 aliphatic rings. The van der Waals surface area contributed by atoms with Crippen LogP contribution in [-0.4, -0.2) is 15.7 Å². The fourth-order valence-corrected chi connectivity index (χ4v) is 2.42. The Hall–Kier alpha value is -2.33. The van der Waals surface area contributed by atoms with Crippen molar-refractivity contribution in [3.05, 3.63) is 59.2 Å². The van der Waals surface area contributed by atoms with E-state index in [9.17, 15) is 4.79 Å². The smallest absolute Gasteiger partial charge is 0.221 e. The van der Waals surface area contributed by atoms with E-state index in [1.807, 2.05) is 48.7 Å². The lowest BCUT2D eigenvalue weighted by molar-refractivity contribution is -0.117. The van der Waals surface area contributed by atoms with Gasteiger partial charge >= 0.3 is 0 Å². The molecule has 1 aromatic heterocycles. The first-order chi connectivity index (χ1) is 9.65. The number of para-hydroxylation sites is 1. The zero-order valence-electron chi connectivity index (χ0n) is 10.6. The first-order valence-corrected chi connectivity index (χ1v) is 6.53. The van der Waals surface area contributed by atoms with Crippen LogP contribution < -0.4 is 5.73 Å². The van der Waals surface area contributed by atoms with Gasteiger partial charge in [-0.15, -0.1) is 0 Å². The largest absolute Gasteiger partial charge is 0.369 e. The summed E-state index contributed by atoms with van der Waals surface area (Å²) in [4.78, 5) is 11.1. The fraction of sp³-hybridized carbons (Fsp3) is 0.0667. The van der Waals surface area contributed by atoms with Crippen LogP contribution in [0.5, 0.6) is 0 Å². The Bertz CT molecular complexity index is 795. The molecular formula is C15H12ClN3O. The maximum absolute atomic E-state index is 11.1. The highest BCUT2D eigenvalue weighted by atomic mass is 35.5. The van der Waals surface area contributed by atoms with Crippen molar-refractivity contribution in [2.45, 2.75) is 6.42 Å². The fourth-order valence-electron chi connectivity index (χ4n) is 2.20. The topological polar surface area (TPSA) is 60.9 Å². The number of amides is 1. The molecule has 0 bridgehead atoms. The van der Waals surface area contributed by atoms with E-state index in [1.54, 1.807) is 4.68 Å². The molecule has 0 aliphatic carbocycles. The van der Waals surface area contributed by atoms with Gasteiger partial charge < -0.3 is 5.73 Å². The van der Waals surface area contributed by atoms with Gasteiger partial charge in [0.15, 0.2) is 0 Å². The van der Waals surface area contributed by atoms with Gasteiger partial charge in [-0.25, -0.2) is 4.68 Å². The molecule has 0 saturated carbocycles. The van der Waals surface area contributed by atoms with Gasteiger partial charge in [0, 0.05) is 11.6 Å². The number of hydrogen-bond donors (Lipinski definition) is 1. The lowest BCUT2D eigenvalue weighted by Crippen LogP contribution is -2.13. The molecule has 0 radical (unpaired) electrons. The number of aromatic nitrogens is 2. The highest BCUT2D eigenvalue weighted by Gasteiger charge is 2.10. The third kappa shape index (κ3) is 2.26. The summed E-state index contributed by atoms with van der Waals surface area (Å²) in [5.41, 5.74) is 7.65. The SMILES string of the molecule is NC(=O)Cc1cccc2cn(-c3ccccc3Cl)nc12. The van der Waals surface area contributed by atoms with E-state index in [4.69, 9.17) is 17.3 Å². The van der Waals surface area contributed by atoms with E-state index >= 15 is 0 Å². The Morgan fingerprint density at radius 2 is 2.00 bits per heavy atom. The van der Waals surface area contributed by atoms with Crippen molar-refractivity contribution in [1.82, 2.24) is 9.78 Å². The number of fused-ring (bicyclic) bond motifs is 1. The Morgan fingerprint density at radius 3 is 2.75 bits per heavy atom. The van der Waals surface area contributed by atoms with E-state index in [0.29, 0.717) is 5.02 Å². The lowest BCUT2D eigenvalue weighted by Gasteiger charge is -2.02. The van der Waals surface area contributed by atoms with Gasteiger partial charge in [0.2, 0.25) is 5.91 Å². The van der Waals surface area contributed by atoms with E-state index in [0.717, 1.165) is 22.2 Å². The van der Waals surface area contributed by atoms with Gasteiger partial charge in [-0.05, 0) is 17.7 Å². The van der Waals surface area contributed by atoms with Crippen LogP contribution in [0, 0.1) is 0 Å². The molecule has 2 N–H and O–H groups in total. The number of carbonyl (C=O) groups is 1. The predicted molar refractivity (Wildman–Crippen MR) is 79.0 cm³/mol. The number of hydrogen-bond acceptors (Lipinski definition) is 2. The average Bonchev–Trinajstić information content (AvgIpc) is 2.83. The molecule has 0 saturated heterocycles. The van der Waals surface area contributed by atoms with E-state index in [1.165, 1.54) is 0 Å². The molecule has 1 heterocycles. The Kier molecular flexibility index (Phi) is 3.16. The van der Waals surface area contributed by atoms with Crippen LogP contribution in [0.25, 0.3) is 16.6 Å². The van der Waals surface area contributed by atoms with E-state index in [-0.39, 0.29) is 12.3 Å². The third-order valence-corrected chi connectivity index (χ3v) is 3.40. The molecule has 0 spiro atoms. The van der Waals surface area contributed by atoms with Crippen molar-refractivity contribution in [3.63, 3.8) is 0 Å². The van der Waals surface area contributed by atoms with E-state index < -0.39 is 0 Å². The van der Waals surface area contributed by atoms with Crippen molar-refractivity contribution < 1.29 is 4.79 Å². The van der Waals surface area contributed by atoms with Gasteiger partial charge in [0.25, 0.3) is 0 Å². The second kappa shape index (κ2) is 4.98. The van der Waals surface area contributed by atoms with Crippen molar-refractivity contribution in [2.75, 3.05) is 0 Å². The molecule has 0 unspecified atom stereocenters. The number of rotatable bonds is 3. The molecule has 2 aromatic carbocycles. The standard InChI is InChI=1S/C15H12ClN3O/c16-12-6-1-2-7-13(12)19-9-11-5-3-4-10(8-14(17)20)15(11)18-19/h1-7,9H,8H2,(H2,17,20). The molecule has 3 rings (SSSR count). The molecule has 4 nitrogen and oxygen atoms in total. The number of nitrogens with two attached hydrogens (primary N) is 1. The van der Waals surface area contributed by atoms with Crippen LogP contribution in [0.15, 0.2) is 48.7 Å². The summed E-state index contributed by atoms with van der Waals surface area (Å²) < 4.78 is 1.72. The number of halogens is 1. The van der Waals surface area contributed by atoms with Gasteiger partial charge in [0.05, 0.1) is 22.6 Å². The van der Waals surface area contributed by atoms with Crippen LogP contribution in [0.2, 0.25) is 5.02 Å². The zero-order valence-corrected chi connectivity index (χ0v) is 11.3. The lowest BCUT2D eigenvalue weighted by atomic mass is 10.1. The highest BCUT2D eigenvalue weighted by Crippen LogP contribution is 2.23. The maximum Gasteiger partial charge on any atom is 0.221 e. The second-order valence-electron chi connectivity index (χ2n) is 4.52. The molecule has 100 valence electrons. The van der Waals surface area contributed by atoms with Crippen molar-refractivity contribution in [3.8, 4) is 5.69 Å². The summed E-state index contributed by atoms with van der Waals surface area (Å²) in [5, 5.41) is 6.09. The predicted octanol–water partition coefficient (Wildman–Crippen LogP) is 2.71. The van der Waals surface area contributed by atoms with Crippen molar-refractivity contribution >= 4 is 28.4 Å². The molecule has 20 heavy (non-hydrogen) atoms. The molecule has 0 aliphatic heterocycles. The first-order valence-electron chi connectivity index (χ1n) is 6.15. The molecule has 0 atom stereocenters. The monoisotopic (exact) mass is 285 g/mol. The zero-order chi connectivity index (χ0) is 14.1. The summed E-state index contributed by atoms with van der Waals surface area (Å²) in [6.45, 7) is 0. The minimum absolute atomic E-state index is 0.177. The van der Waals surface area contributed by atoms with Gasteiger partial charge in [0.1, 0.15) is 0 Å². The van der Waals surface area contributed by atoms with Gasteiger partial charge in [-0.2, -0.15) is 5.10 Å². The quantitative estimate of drug-likeness (QED) is 0.804. The van der Waals surface area contributed by atoms with Crippen LogP contribution in [0.3, 0.4) is 0 Å². The number of primary amides is 1. The average molecular weight is 286 g/mol. The Morgan fingerprint density at radius 1 is 1.20 bits per heavy atom. The first kappa shape index (κ1) is 12.7. The summed E-state index contributed by atoms with van der Waals surface area (Å²) in [6.07, 6.45) is 2.07. The molecule has 0 fully saturated rings. The molecule has 3 aromatic rings. The van der Waals surface area contributed by atoms with Crippen molar-refractivity contribution in [2.24, 2.45) is 5.73 Å². The number of carbonyl (C=O) groups excluding carboxylic acids is 1. The van der Waals surface area contributed by atoms with Crippen molar-refractivity contribution in [1.29, 1.82) is 0 Å². The third-order valence-electron chi connectivity index (χ3n) is 3.08. The summed E-state index contributed by atoms with van der Waals surface area (Å²) in [6, 6.07) is 13.2. The minimum Gasteiger partial charge on any atom is -0.369 e. The molecular weight excluding hydrogens is 274 g/mol. The van der Waals surface area contributed by atoms with E-state index in [2.05, 4.69) is 5.10 Å². The van der Waals surface area contributed by atoms with Gasteiger partial charge in [-0.1, -0.05) is 41.9 Å². The minimum atomic E-state index is -0.371. The number of benzene rings is 2. The number of nitrogens with zero attached hydrogens (tertiary/aromatic N) is 2. The summed E-state index contributed by atoms with van der Waals surface area (Å²) in [7, 11) is 0. The van der Waals surface area contributed by atoms with Crippen LogP contribution in [-0.2, 0) is 11.2 Å². The molecule has 5 heteroatoms. The molecule has 1 amide bonds. The summed E-state index contributed by atoms with van der Waals surface area (Å²) >= 11 is 6.18. The van der Waals surface area contributed by atoms with Crippen LogP contribution in [0.4, 0.5) is 0 Å².